The fourth-order valence-corrected chi connectivity index (χ4v) is 3.45. The van der Waals surface area contributed by atoms with E-state index in [0.717, 1.165) is 6.04 Å². The molecule has 0 aromatic heterocycles. The fraction of sp³-hybridized carbons (Fsp3) is 1.00. The van der Waals surface area contributed by atoms with Crippen LogP contribution in [-0.4, -0.2) is 61.2 Å². The van der Waals surface area contributed by atoms with Crippen LogP contribution in [0.1, 0.15) is 46.0 Å². The highest BCUT2D eigenvalue weighted by atomic mass is 15.2. The van der Waals surface area contributed by atoms with Gasteiger partial charge in [0, 0.05) is 18.6 Å². The van der Waals surface area contributed by atoms with Crippen LogP contribution in [0.4, 0.5) is 0 Å². The van der Waals surface area contributed by atoms with Crippen LogP contribution in [0.5, 0.6) is 0 Å². The molecule has 0 aromatic rings. The van der Waals surface area contributed by atoms with E-state index < -0.39 is 0 Å². The average molecular weight is 253 g/mol. The largest absolute Gasteiger partial charge is 0.310 e. The van der Waals surface area contributed by atoms with Gasteiger partial charge in [-0.05, 0) is 71.8 Å². The van der Waals surface area contributed by atoms with Crippen molar-refractivity contribution in [3.8, 4) is 0 Å². The van der Waals surface area contributed by atoms with Crippen molar-refractivity contribution in [1.29, 1.82) is 0 Å². The van der Waals surface area contributed by atoms with Gasteiger partial charge in [0.2, 0.25) is 0 Å². The maximum Gasteiger partial charge on any atom is 0.0169 e. The van der Waals surface area contributed by atoms with E-state index in [0.29, 0.717) is 6.04 Å². The van der Waals surface area contributed by atoms with E-state index >= 15 is 0 Å². The summed E-state index contributed by atoms with van der Waals surface area (Å²) in [6.07, 6.45) is 6.78. The van der Waals surface area contributed by atoms with Crippen LogP contribution in [0.15, 0.2) is 0 Å². The maximum atomic E-state index is 3.84. The maximum absolute atomic E-state index is 3.84. The van der Waals surface area contributed by atoms with Gasteiger partial charge in [0.25, 0.3) is 0 Å². The molecular weight excluding hydrogens is 222 g/mol. The smallest absolute Gasteiger partial charge is 0.0169 e. The first kappa shape index (κ1) is 14.3. The van der Waals surface area contributed by atoms with Crippen molar-refractivity contribution in [3.05, 3.63) is 0 Å². The Morgan fingerprint density at radius 2 is 1.72 bits per heavy atom. The Bertz CT molecular complexity index is 218. The van der Waals surface area contributed by atoms with Crippen molar-refractivity contribution in [1.82, 2.24) is 15.1 Å². The topological polar surface area (TPSA) is 18.5 Å². The molecule has 2 saturated heterocycles. The number of rotatable bonds is 6. The van der Waals surface area contributed by atoms with Gasteiger partial charge in [-0.15, -0.1) is 0 Å². The molecule has 1 unspecified atom stereocenters. The molecule has 0 saturated carbocycles. The molecule has 0 amide bonds. The minimum Gasteiger partial charge on any atom is -0.310 e. The lowest BCUT2D eigenvalue weighted by Gasteiger charge is -2.34. The average Bonchev–Trinajstić information content (AvgIpc) is 2.84. The van der Waals surface area contributed by atoms with Gasteiger partial charge in [-0.3, -0.25) is 0 Å². The summed E-state index contributed by atoms with van der Waals surface area (Å²) in [7, 11) is 0. The Balaban J connectivity index is 1.61. The predicted molar refractivity (Wildman–Crippen MR) is 78.0 cm³/mol. The molecule has 1 N–H and O–H groups in total. The zero-order valence-corrected chi connectivity index (χ0v) is 12.3. The summed E-state index contributed by atoms with van der Waals surface area (Å²) in [5.74, 6) is 0. The number of likely N-dealkylation sites (tertiary alicyclic amines) is 2. The third kappa shape index (κ3) is 4.52. The van der Waals surface area contributed by atoms with E-state index in [9.17, 15) is 0 Å². The first-order valence-corrected chi connectivity index (χ1v) is 7.98. The lowest BCUT2D eigenvalue weighted by atomic mass is 10.0. The van der Waals surface area contributed by atoms with Crippen molar-refractivity contribution in [2.75, 3.05) is 39.3 Å². The minimum absolute atomic E-state index is 0.658. The van der Waals surface area contributed by atoms with Gasteiger partial charge in [-0.2, -0.15) is 0 Å². The Kier molecular flexibility index (Phi) is 5.93. The Hall–Kier alpha value is -0.120. The Morgan fingerprint density at radius 1 is 1.06 bits per heavy atom. The highest BCUT2D eigenvalue weighted by Gasteiger charge is 2.21. The molecule has 106 valence electrons. The number of piperidine rings is 1. The first-order valence-electron chi connectivity index (χ1n) is 7.98. The van der Waals surface area contributed by atoms with Crippen LogP contribution in [0.25, 0.3) is 0 Å². The lowest BCUT2D eigenvalue weighted by Crippen LogP contribution is -2.48. The summed E-state index contributed by atoms with van der Waals surface area (Å²) in [6, 6.07) is 1.42. The molecule has 2 heterocycles. The van der Waals surface area contributed by atoms with Crippen molar-refractivity contribution in [2.24, 2.45) is 0 Å². The summed E-state index contributed by atoms with van der Waals surface area (Å²) < 4.78 is 0. The first-order chi connectivity index (χ1) is 8.78. The van der Waals surface area contributed by atoms with E-state index in [2.05, 4.69) is 29.0 Å². The van der Waals surface area contributed by atoms with Crippen molar-refractivity contribution in [3.63, 3.8) is 0 Å². The van der Waals surface area contributed by atoms with Gasteiger partial charge in [0.1, 0.15) is 0 Å². The van der Waals surface area contributed by atoms with E-state index in [-0.39, 0.29) is 0 Å². The van der Waals surface area contributed by atoms with Gasteiger partial charge in [0.15, 0.2) is 0 Å². The summed E-state index contributed by atoms with van der Waals surface area (Å²) in [6.45, 7) is 12.4. The van der Waals surface area contributed by atoms with Crippen LogP contribution < -0.4 is 5.32 Å². The summed E-state index contributed by atoms with van der Waals surface area (Å²) in [5, 5.41) is 3.84. The normalized spacial score (nSPS) is 25.7. The van der Waals surface area contributed by atoms with Crippen molar-refractivity contribution >= 4 is 0 Å². The van der Waals surface area contributed by atoms with E-state index in [1.807, 2.05) is 0 Å². The van der Waals surface area contributed by atoms with Crippen LogP contribution in [0.2, 0.25) is 0 Å². The summed E-state index contributed by atoms with van der Waals surface area (Å²) >= 11 is 0. The molecule has 2 rings (SSSR count). The number of nitrogens with one attached hydrogen (secondary N) is 1. The van der Waals surface area contributed by atoms with E-state index in [4.69, 9.17) is 0 Å². The molecular formula is C15H31N3. The zero-order chi connectivity index (χ0) is 12.8. The predicted octanol–water partition coefficient (Wildman–Crippen LogP) is 1.93. The molecule has 0 spiro atoms. The third-order valence-electron chi connectivity index (χ3n) is 4.38. The quantitative estimate of drug-likeness (QED) is 0.780. The second-order valence-corrected chi connectivity index (χ2v) is 6.19. The van der Waals surface area contributed by atoms with Gasteiger partial charge < -0.3 is 15.1 Å². The monoisotopic (exact) mass is 253 g/mol. The zero-order valence-electron chi connectivity index (χ0n) is 12.3. The molecule has 18 heavy (non-hydrogen) atoms. The second kappa shape index (κ2) is 7.46. The fourth-order valence-electron chi connectivity index (χ4n) is 3.45. The summed E-state index contributed by atoms with van der Waals surface area (Å²) in [5.41, 5.74) is 0. The van der Waals surface area contributed by atoms with Gasteiger partial charge >= 0.3 is 0 Å². The number of nitrogens with zero attached hydrogens (tertiary/aromatic N) is 2. The van der Waals surface area contributed by atoms with Crippen LogP contribution in [-0.2, 0) is 0 Å². The van der Waals surface area contributed by atoms with E-state index in [1.165, 1.54) is 71.4 Å². The van der Waals surface area contributed by atoms with Gasteiger partial charge in [0.05, 0.1) is 0 Å². The molecule has 0 aliphatic carbocycles. The minimum atomic E-state index is 0.658. The summed E-state index contributed by atoms with van der Waals surface area (Å²) in [4.78, 5) is 5.23. The highest BCUT2D eigenvalue weighted by molar-refractivity contribution is 4.81. The van der Waals surface area contributed by atoms with Crippen LogP contribution >= 0.6 is 0 Å². The second-order valence-electron chi connectivity index (χ2n) is 6.19. The SMILES string of the molecule is CCCN1CCC(NC(C)CN2CCCC2)CC1. The van der Waals surface area contributed by atoms with Gasteiger partial charge in [-0.1, -0.05) is 6.92 Å². The van der Waals surface area contributed by atoms with Crippen molar-refractivity contribution < 1.29 is 0 Å². The number of hydrogen-bond donors (Lipinski definition) is 1. The number of hydrogen-bond acceptors (Lipinski definition) is 3. The third-order valence-corrected chi connectivity index (χ3v) is 4.38. The standard InChI is InChI=1S/C15H31N3/c1-3-8-17-11-6-15(7-12-17)16-14(2)13-18-9-4-5-10-18/h14-16H,3-13H2,1-2H3. The Labute approximate surface area is 113 Å². The molecule has 0 radical (unpaired) electrons. The molecule has 0 bridgehead atoms. The molecule has 3 heteroatoms. The van der Waals surface area contributed by atoms with E-state index in [1.54, 1.807) is 0 Å². The van der Waals surface area contributed by atoms with Gasteiger partial charge in [-0.25, -0.2) is 0 Å². The molecule has 1 atom stereocenters. The molecule has 2 fully saturated rings. The molecule has 2 aliphatic heterocycles. The Morgan fingerprint density at radius 3 is 2.33 bits per heavy atom. The molecule has 3 nitrogen and oxygen atoms in total. The molecule has 2 aliphatic rings. The lowest BCUT2D eigenvalue weighted by molar-refractivity contribution is 0.184. The van der Waals surface area contributed by atoms with Crippen LogP contribution in [0.3, 0.4) is 0 Å². The van der Waals surface area contributed by atoms with Crippen LogP contribution in [0, 0.1) is 0 Å². The highest BCUT2D eigenvalue weighted by Crippen LogP contribution is 2.12. The van der Waals surface area contributed by atoms with Crippen molar-refractivity contribution in [2.45, 2.75) is 58.0 Å². The molecule has 0 aromatic carbocycles.